The number of nitrogens with zero attached hydrogens (tertiary/aromatic N) is 2. The third kappa shape index (κ3) is 3.31. The number of urea groups is 1. The summed E-state index contributed by atoms with van der Waals surface area (Å²) in [7, 11) is 0. The van der Waals surface area contributed by atoms with Crippen molar-refractivity contribution in [1.82, 2.24) is 15.2 Å². The summed E-state index contributed by atoms with van der Waals surface area (Å²) in [5.74, 6) is -0.550. The molecule has 29 heavy (non-hydrogen) atoms. The van der Waals surface area contributed by atoms with Crippen LogP contribution in [0, 0.1) is 6.92 Å². The first kappa shape index (κ1) is 18.6. The second-order valence-corrected chi connectivity index (χ2v) is 7.23. The minimum atomic E-state index is -1.23. The summed E-state index contributed by atoms with van der Waals surface area (Å²) in [5, 5.41) is 7.39. The lowest BCUT2D eigenvalue weighted by Gasteiger charge is -2.22. The van der Waals surface area contributed by atoms with E-state index in [-0.39, 0.29) is 6.54 Å². The van der Waals surface area contributed by atoms with Gasteiger partial charge in [-0.2, -0.15) is 0 Å². The van der Waals surface area contributed by atoms with E-state index in [4.69, 9.17) is 0 Å². The van der Waals surface area contributed by atoms with Crippen molar-refractivity contribution in [2.75, 3.05) is 11.9 Å². The largest absolute Gasteiger partial charge is 0.325 e. The van der Waals surface area contributed by atoms with Gasteiger partial charge in [0.2, 0.25) is 5.91 Å². The van der Waals surface area contributed by atoms with Gasteiger partial charge < -0.3 is 10.6 Å². The fourth-order valence-electron chi connectivity index (χ4n) is 3.47. The summed E-state index contributed by atoms with van der Waals surface area (Å²) >= 11 is 0. The highest BCUT2D eigenvalue weighted by molar-refractivity contribution is 6.10. The maximum atomic E-state index is 13.1. The van der Waals surface area contributed by atoms with Gasteiger partial charge in [-0.05, 0) is 47.9 Å². The van der Waals surface area contributed by atoms with E-state index in [2.05, 4.69) is 15.6 Å². The lowest BCUT2D eigenvalue weighted by molar-refractivity contribution is -0.133. The van der Waals surface area contributed by atoms with E-state index < -0.39 is 23.4 Å². The highest BCUT2D eigenvalue weighted by atomic mass is 16.2. The summed E-state index contributed by atoms with van der Waals surface area (Å²) in [4.78, 5) is 43.0. The fraction of sp³-hybridized carbons (Fsp3) is 0.182. The number of nitrogens with one attached hydrogen (secondary N) is 2. The van der Waals surface area contributed by atoms with Crippen LogP contribution in [-0.2, 0) is 15.1 Å². The number of aromatic nitrogens is 1. The Bertz CT molecular complexity index is 1140. The van der Waals surface area contributed by atoms with Crippen LogP contribution in [0.1, 0.15) is 18.1 Å². The van der Waals surface area contributed by atoms with Crippen molar-refractivity contribution < 1.29 is 14.4 Å². The number of hydrogen-bond donors (Lipinski definition) is 2. The number of imide groups is 1. The summed E-state index contributed by atoms with van der Waals surface area (Å²) in [6.07, 6.45) is 1.56. The van der Waals surface area contributed by atoms with Crippen LogP contribution < -0.4 is 10.6 Å². The minimum absolute atomic E-state index is 0.385. The molecule has 2 heterocycles. The molecular formula is C22H20N4O3. The van der Waals surface area contributed by atoms with E-state index in [0.29, 0.717) is 11.4 Å². The van der Waals surface area contributed by atoms with Crippen LogP contribution in [0.5, 0.6) is 0 Å². The predicted octanol–water partition coefficient (Wildman–Crippen LogP) is 2.95. The Morgan fingerprint density at radius 3 is 2.62 bits per heavy atom. The topological polar surface area (TPSA) is 91.4 Å². The average molecular weight is 388 g/mol. The Hall–Kier alpha value is -3.74. The van der Waals surface area contributed by atoms with E-state index in [0.717, 1.165) is 21.2 Å². The molecule has 1 saturated heterocycles. The third-order valence-corrected chi connectivity index (χ3v) is 5.17. The zero-order valence-electron chi connectivity index (χ0n) is 16.1. The zero-order valence-corrected chi connectivity index (χ0v) is 16.1. The molecule has 0 unspecified atom stereocenters. The molecule has 0 aliphatic carbocycles. The monoisotopic (exact) mass is 388 g/mol. The molecule has 146 valence electrons. The van der Waals surface area contributed by atoms with Crippen molar-refractivity contribution in [3.63, 3.8) is 0 Å². The van der Waals surface area contributed by atoms with Gasteiger partial charge in [-0.15, -0.1) is 0 Å². The predicted molar refractivity (Wildman–Crippen MR) is 109 cm³/mol. The van der Waals surface area contributed by atoms with Gasteiger partial charge in [-0.1, -0.05) is 42.5 Å². The number of carbonyl (C=O) groups is 3. The smallest absolute Gasteiger partial charge is 0.319 e. The first-order valence-electron chi connectivity index (χ1n) is 9.23. The van der Waals surface area contributed by atoms with Gasteiger partial charge in [0.15, 0.2) is 0 Å². The first-order valence-corrected chi connectivity index (χ1v) is 9.23. The molecule has 2 aromatic carbocycles. The van der Waals surface area contributed by atoms with E-state index in [9.17, 15) is 14.4 Å². The average Bonchev–Trinajstić information content (AvgIpc) is 2.93. The van der Waals surface area contributed by atoms with E-state index in [1.807, 2.05) is 55.5 Å². The summed E-state index contributed by atoms with van der Waals surface area (Å²) in [6, 6.07) is 16.4. The summed E-state index contributed by atoms with van der Waals surface area (Å²) in [5.41, 5.74) is 0.222. The minimum Gasteiger partial charge on any atom is -0.319 e. The summed E-state index contributed by atoms with van der Waals surface area (Å²) < 4.78 is 0. The van der Waals surface area contributed by atoms with Crippen LogP contribution in [0.15, 0.2) is 60.8 Å². The van der Waals surface area contributed by atoms with Crippen LogP contribution in [0.4, 0.5) is 10.6 Å². The standard InChI is InChI=1S/C22H20N4O3/c1-14-6-5-11-23-19(14)24-18(27)13-26-20(28)22(2,25-21(26)29)17-10-9-15-7-3-4-8-16(15)12-17/h3-12H,13H2,1-2H3,(H,25,29)(H,23,24,27)/t22-/m1/s1. The van der Waals surface area contributed by atoms with Crippen molar-refractivity contribution in [3.8, 4) is 0 Å². The quantitative estimate of drug-likeness (QED) is 0.672. The van der Waals surface area contributed by atoms with Crippen molar-refractivity contribution in [2.45, 2.75) is 19.4 Å². The fourth-order valence-corrected chi connectivity index (χ4v) is 3.47. The number of benzene rings is 2. The van der Waals surface area contributed by atoms with E-state index in [1.54, 1.807) is 19.2 Å². The van der Waals surface area contributed by atoms with Crippen LogP contribution in [-0.4, -0.2) is 34.3 Å². The molecule has 1 atom stereocenters. The molecule has 0 bridgehead atoms. The Morgan fingerprint density at radius 2 is 1.86 bits per heavy atom. The second-order valence-electron chi connectivity index (χ2n) is 7.23. The van der Waals surface area contributed by atoms with Crippen molar-refractivity contribution in [3.05, 3.63) is 71.9 Å². The van der Waals surface area contributed by atoms with E-state index >= 15 is 0 Å². The van der Waals surface area contributed by atoms with Crippen LogP contribution in [0.2, 0.25) is 0 Å². The second kappa shape index (κ2) is 7.01. The molecular weight excluding hydrogens is 368 g/mol. The van der Waals surface area contributed by atoms with Gasteiger partial charge in [-0.3, -0.25) is 14.5 Å². The third-order valence-electron chi connectivity index (χ3n) is 5.17. The molecule has 7 heteroatoms. The van der Waals surface area contributed by atoms with Crippen LogP contribution in [0.25, 0.3) is 10.8 Å². The Kier molecular flexibility index (Phi) is 4.50. The van der Waals surface area contributed by atoms with Gasteiger partial charge >= 0.3 is 6.03 Å². The number of pyridine rings is 1. The number of amides is 4. The molecule has 7 nitrogen and oxygen atoms in total. The molecule has 1 aromatic heterocycles. The van der Waals surface area contributed by atoms with Gasteiger partial charge in [0.1, 0.15) is 17.9 Å². The molecule has 3 aromatic rings. The zero-order chi connectivity index (χ0) is 20.6. The molecule has 1 aliphatic heterocycles. The van der Waals surface area contributed by atoms with Gasteiger partial charge in [0.05, 0.1) is 0 Å². The molecule has 1 fully saturated rings. The van der Waals surface area contributed by atoms with Crippen LogP contribution in [0.3, 0.4) is 0 Å². The molecule has 4 amide bonds. The lowest BCUT2D eigenvalue weighted by Crippen LogP contribution is -2.42. The normalized spacial score (nSPS) is 18.8. The van der Waals surface area contributed by atoms with Crippen molar-refractivity contribution >= 4 is 34.4 Å². The Morgan fingerprint density at radius 1 is 1.10 bits per heavy atom. The number of rotatable bonds is 4. The molecule has 0 radical (unpaired) electrons. The summed E-state index contributed by atoms with van der Waals surface area (Å²) in [6.45, 7) is 3.08. The van der Waals surface area contributed by atoms with E-state index in [1.165, 1.54) is 0 Å². The van der Waals surface area contributed by atoms with Crippen molar-refractivity contribution in [2.24, 2.45) is 0 Å². The SMILES string of the molecule is Cc1cccnc1NC(=O)CN1C(=O)N[C@](C)(c2ccc3ccccc3c2)C1=O. The number of fused-ring (bicyclic) bond motifs is 1. The highest BCUT2D eigenvalue weighted by Gasteiger charge is 2.49. The number of aryl methyl sites for hydroxylation is 1. The lowest BCUT2D eigenvalue weighted by atomic mass is 9.90. The highest BCUT2D eigenvalue weighted by Crippen LogP contribution is 2.31. The van der Waals surface area contributed by atoms with Crippen molar-refractivity contribution in [1.29, 1.82) is 0 Å². The van der Waals surface area contributed by atoms with Crippen LogP contribution >= 0.6 is 0 Å². The Balaban J connectivity index is 1.56. The maximum Gasteiger partial charge on any atom is 0.325 e. The number of anilines is 1. The first-order chi connectivity index (χ1) is 13.9. The van der Waals surface area contributed by atoms with Gasteiger partial charge in [-0.25, -0.2) is 9.78 Å². The van der Waals surface area contributed by atoms with Gasteiger partial charge in [0.25, 0.3) is 5.91 Å². The molecule has 1 aliphatic rings. The molecule has 0 spiro atoms. The van der Waals surface area contributed by atoms with Gasteiger partial charge in [0, 0.05) is 6.20 Å². The maximum absolute atomic E-state index is 13.1. The molecule has 4 rings (SSSR count). The Labute approximate surface area is 167 Å². The number of hydrogen-bond acceptors (Lipinski definition) is 4. The number of carbonyl (C=O) groups excluding carboxylic acids is 3. The molecule has 0 saturated carbocycles. The molecule has 2 N–H and O–H groups in total.